The molecule has 2 rings (SSSR count). The van der Waals surface area contributed by atoms with Crippen molar-refractivity contribution in [1.29, 1.82) is 5.41 Å². The number of thioether (sulfide) groups is 1. The lowest BCUT2D eigenvalue weighted by Crippen LogP contribution is -2.12. The Morgan fingerprint density at radius 1 is 1.41 bits per heavy atom. The third-order valence-electron chi connectivity index (χ3n) is 3.18. The van der Waals surface area contributed by atoms with Gasteiger partial charge in [0.1, 0.15) is 5.84 Å². The van der Waals surface area contributed by atoms with E-state index in [1.54, 1.807) is 0 Å². The highest BCUT2D eigenvalue weighted by Gasteiger charge is 2.16. The fourth-order valence-electron chi connectivity index (χ4n) is 2.22. The summed E-state index contributed by atoms with van der Waals surface area (Å²) in [4.78, 5) is 1.13. The molecule has 1 aromatic carbocycles. The van der Waals surface area contributed by atoms with Crippen LogP contribution >= 0.6 is 27.7 Å². The average molecular weight is 313 g/mol. The lowest BCUT2D eigenvalue weighted by Gasteiger charge is -2.11. The van der Waals surface area contributed by atoms with E-state index in [2.05, 4.69) is 22.0 Å². The van der Waals surface area contributed by atoms with Gasteiger partial charge >= 0.3 is 0 Å². The van der Waals surface area contributed by atoms with Crippen LogP contribution < -0.4 is 5.73 Å². The van der Waals surface area contributed by atoms with E-state index in [4.69, 9.17) is 11.1 Å². The fraction of sp³-hybridized carbons (Fsp3) is 0.462. The monoisotopic (exact) mass is 312 g/mol. The molecule has 4 heteroatoms. The second kappa shape index (κ2) is 5.91. The molecule has 3 N–H and O–H groups in total. The molecule has 17 heavy (non-hydrogen) atoms. The molecule has 92 valence electrons. The first-order valence-electron chi connectivity index (χ1n) is 5.93. The van der Waals surface area contributed by atoms with E-state index in [-0.39, 0.29) is 5.84 Å². The number of nitrogens with one attached hydrogen (secondary N) is 1. The van der Waals surface area contributed by atoms with E-state index in [9.17, 15) is 0 Å². The lowest BCUT2D eigenvalue weighted by molar-refractivity contribution is 0.623. The van der Waals surface area contributed by atoms with Gasteiger partial charge < -0.3 is 5.73 Å². The first-order valence-corrected chi connectivity index (χ1v) is 7.71. The summed E-state index contributed by atoms with van der Waals surface area (Å²) in [5, 5.41) is 7.60. The van der Waals surface area contributed by atoms with Crippen LogP contribution in [0.3, 0.4) is 0 Å². The topological polar surface area (TPSA) is 49.9 Å². The molecule has 0 heterocycles. The van der Waals surface area contributed by atoms with Gasteiger partial charge in [0.15, 0.2) is 0 Å². The zero-order valence-corrected chi connectivity index (χ0v) is 12.1. The second-order valence-electron chi connectivity index (χ2n) is 4.52. The summed E-state index contributed by atoms with van der Waals surface area (Å²) >= 11 is 5.26. The van der Waals surface area contributed by atoms with Gasteiger partial charge in [-0.15, -0.1) is 11.8 Å². The molecule has 0 amide bonds. The summed E-state index contributed by atoms with van der Waals surface area (Å²) in [5.74, 6) is 2.16. The third kappa shape index (κ3) is 3.49. The van der Waals surface area contributed by atoms with Crippen LogP contribution in [0.5, 0.6) is 0 Å². The van der Waals surface area contributed by atoms with Crippen LogP contribution in [0.1, 0.15) is 31.2 Å². The second-order valence-corrected chi connectivity index (χ2v) is 6.49. The molecule has 0 bridgehead atoms. The van der Waals surface area contributed by atoms with Gasteiger partial charge in [0, 0.05) is 20.7 Å². The van der Waals surface area contributed by atoms with Crippen molar-refractivity contribution in [3.8, 4) is 0 Å². The number of halogens is 1. The molecule has 0 radical (unpaired) electrons. The molecule has 0 atom stereocenters. The predicted molar refractivity (Wildman–Crippen MR) is 77.8 cm³/mol. The molecular weight excluding hydrogens is 296 g/mol. The molecule has 1 aromatic rings. The number of benzene rings is 1. The highest BCUT2D eigenvalue weighted by molar-refractivity contribution is 9.10. The van der Waals surface area contributed by atoms with Gasteiger partial charge in [0.25, 0.3) is 0 Å². The molecule has 1 fully saturated rings. The highest BCUT2D eigenvalue weighted by atomic mass is 79.9. The van der Waals surface area contributed by atoms with Gasteiger partial charge in [0.05, 0.1) is 0 Å². The van der Waals surface area contributed by atoms with Crippen LogP contribution in [0.15, 0.2) is 27.6 Å². The van der Waals surface area contributed by atoms with Crippen molar-refractivity contribution >= 4 is 33.5 Å². The van der Waals surface area contributed by atoms with Crippen molar-refractivity contribution in [3.05, 3.63) is 28.2 Å². The van der Waals surface area contributed by atoms with Crippen LogP contribution in [0.25, 0.3) is 0 Å². The van der Waals surface area contributed by atoms with Crippen molar-refractivity contribution in [1.82, 2.24) is 0 Å². The Morgan fingerprint density at radius 2 is 2.12 bits per heavy atom. The maximum Gasteiger partial charge on any atom is 0.123 e. The third-order valence-corrected chi connectivity index (χ3v) is 4.98. The van der Waals surface area contributed by atoms with Gasteiger partial charge in [-0.1, -0.05) is 28.8 Å². The van der Waals surface area contributed by atoms with Crippen molar-refractivity contribution in [2.24, 2.45) is 11.7 Å². The Labute approximate surface area is 115 Å². The Bertz CT molecular complexity index is 414. The molecule has 0 saturated heterocycles. The Balaban J connectivity index is 2.06. The minimum atomic E-state index is 0.153. The average Bonchev–Trinajstić information content (AvgIpc) is 2.80. The van der Waals surface area contributed by atoms with Crippen LogP contribution in [-0.2, 0) is 0 Å². The first-order chi connectivity index (χ1) is 8.16. The smallest absolute Gasteiger partial charge is 0.123 e. The van der Waals surface area contributed by atoms with Crippen molar-refractivity contribution in [3.63, 3.8) is 0 Å². The van der Waals surface area contributed by atoms with E-state index in [0.29, 0.717) is 0 Å². The number of amidine groups is 1. The normalized spacial score (nSPS) is 16.3. The SMILES string of the molecule is N=C(N)c1cc(Br)ccc1SCC1CCCC1. The Hall–Kier alpha value is -0.480. The largest absolute Gasteiger partial charge is 0.384 e. The minimum absolute atomic E-state index is 0.153. The summed E-state index contributed by atoms with van der Waals surface area (Å²) < 4.78 is 0.980. The molecule has 0 spiro atoms. The van der Waals surface area contributed by atoms with Gasteiger partial charge in [-0.05, 0) is 37.0 Å². The Kier molecular flexibility index (Phi) is 4.51. The highest BCUT2D eigenvalue weighted by Crippen LogP contribution is 2.33. The van der Waals surface area contributed by atoms with Crippen molar-refractivity contribution < 1.29 is 0 Å². The van der Waals surface area contributed by atoms with Gasteiger partial charge in [-0.3, -0.25) is 5.41 Å². The molecule has 1 saturated carbocycles. The van der Waals surface area contributed by atoms with E-state index in [1.165, 1.54) is 25.7 Å². The number of nitrogens with two attached hydrogens (primary N) is 1. The summed E-state index contributed by atoms with van der Waals surface area (Å²) in [7, 11) is 0. The van der Waals surface area contributed by atoms with E-state index in [0.717, 1.165) is 26.6 Å². The van der Waals surface area contributed by atoms with E-state index < -0.39 is 0 Å². The number of rotatable bonds is 4. The van der Waals surface area contributed by atoms with E-state index in [1.807, 2.05) is 23.9 Å². The number of hydrogen-bond acceptors (Lipinski definition) is 2. The summed E-state index contributed by atoms with van der Waals surface area (Å²) in [6.45, 7) is 0. The van der Waals surface area contributed by atoms with Crippen LogP contribution in [0, 0.1) is 11.3 Å². The molecule has 0 unspecified atom stereocenters. The van der Waals surface area contributed by atoms with Gasteiger partial charge in [-0.25, -0.2) is 0 Å². The fourth-order valence-corrected chi connectivity index (χ4v) is 3.82. The maximum absolute atomic E-state index is 7.60. The molecule has 2 nitrogen and oxygen atoms in total. The van der Waals surface area contributed by atoms with Crippen LogP contribution in [0.4, 0.5) is 0 Å². The number of nitrogen functional groups attached to an aromatic ring is 1. The zero-order chi connectivity index (χ0) is 12.3. The summed E-state index contributed by atoms with van der Waals surface area (Å²) in [6.07, 6.45) is 5.48. The molecule has 0 aliphatic heterocycles. The van der Waals surface area contributed by atoms with Crippen LogP contribution in [-0.4, -0.2) is 11.6 Å². The van der Waals surface area contributed by atoms with E-state index >= 15 is 0 Å². The van der Waals surface area contributed by atoms with Crippen molar-refractivity contribution in [2.45, 2.75) is 30.6 Å². The Morgan fingerprint density at radius 3 is 2.76 bits per heavy atom. The number of hydrogen-bond donors (Lipinski definition) is 2. The quantitative estimate of drug-likeness (QED) is 0.501. The minimum Gasteiger partial charge on any atom is -0.384 e. The summed E-state index contributed by atoms with van der Waals surface area (Å²) in [5.41, 5.74) is 6.47. The molecule has 0 aromatic heterocycles. The lowest BCUT2D eigenvalue weighted by atomic mass is 10.1. The first kappa shape index (κ1) is 13.0. The van der Waals surface area contributed by atoms with Crippen molar-refractivity contribution in [2.75, 3.05) is 5.75 Å². The summed E-state index contributed by atoms with van der Waals surface area (Å²) in [6, 6.07) is 6.00. The zero-order valence-electron chi connectivity index (χ0n) is 9.71. The van der Waals surface area contributed by atoms with Gasteiger partial charge in [-0.2, -0.15) is 0 Å². The van der Waals surface area contributed by atoms with Gasteiger partial charge in [0.2, 0.25) is 0 Å². The maximum atomic E-state index is 7.60. The molecule has 1 aliphatic carbocycles. The molecular formula is C13H17BrN2S. The predicted octanol–water partition coefficient (Wildman–Crippen LogP) is 4.02. The standard InChI is InChI=1S/C13H17BrN2S/c14-10-5-6-12(11(7-10)13(15)16)17-8-9-3-1-2-4-9/h5-7,9H,1-4,8H2,(H3,15,16). The molecule has 1 aliphatic rings. The van der Waals surface area contributed by atoms with Crippen LogP contribution in [0.2, 0.25) is 0 Å².